The Bertz CT molecular complexity index is 396. The maximum Gasteiger partial charge on any atom is 0.0958 e. The third-order valence-corrected chi connectivity index (χ3v) is 2.31. The van der Waals surface area contributed by atoms with E-state index in [2.05, 4.69) is 19.1 Å². The summed E-state index contributed by atoms with van der Waals surface area (Å²) in [4.78, 5) is 0. The van der Waals surface area contributed by atoms with Gasteiger partial charge in [-0.05, 0) is 6.92 Å². The zero-order valence-corrected chi connectivity index (χ0v) is 8.35. The summed E-state index contributed by atoms with van der Waals surface area (Å²) in [5.74, 6) is 0. The van der Waals surface area contributed by atoms with Crippen LogP contribution in [0.5, 0.6) is 0 Å². The van der Waals surface area contributed by atoms with E-state index in [0.29, 0.717) is 12.2 Å². The van der Waals surface area contributed by atoms with E-state index >= 15 is 0 Å². The molecule has 1 atom stereocenters. The second-order valence-corrected chi connectivity index (χ2v) is 3.45. The highest BCUT2D eigenvalue weighted by Crippen LogP contribution is 2.10. The lowest BCUT2D eigenvalue weighted by Crippen LogP contribution is -2.08. The van der Waals surface area contributed by atoms with Crippen LogP contribution in [0, 0.1) is 0 Å². The van der Waals surface area contributed by atoms with Gasteiger partial charge in [0.25, 0.3) is 0 Å². The largest absolute Gasteiger partial charge is 0.387 e. The average molecular weight is 211 g/mol. The Balaban J connectivity index is 2.21. The molecule has 7 heteroatoms. The van der Waals surface area contributed by atoms with E-state index in [9.17, 15) is 5.11 Å². The molecule has 2 rings (SSSR count). The van der Waals surface area contributed by atoms with E-state index in [1.54, 1.807) is 24.0 Å². The molecule has 0 aliphatic rings. The fourth-order valence-electron chi connectivity index (χ4n) is 1.12. The smallest absolute Gasteiger partial charge is 0.0958 e. The molecule has 0 bridgehead atoms. The van der Waals surface area contributed by atoms with E-state index < -0.39 is 6.10 Å². The van der Waals surface area contributed by atoms with Crippen molar-refractivity contribution in [2.24, 2.45) is 0 Å². The van der Waals surface area contributed by atoms with Crippen LogP contribution in [0.4, 0.5) is 0 Å². The Morgan fingerprint density at radius 3 is 3.07 bits per heavy atom. The van der Waals surface area contributed by atoms with Gasteiger partial charge in [0.05, 0.1) is 48.2 Å². The number of nitrogens with zero attached hydrogens (tertiary/aromatic N) is 5. The van der Waals surface area contributed by atoms with Crippen LogP contribution in [0.3, 0.4) is 0 Å². The lowest BCUT2D eigenvalue weighted by atomic mass is 10.3. The molecule has 6 nitrogen and oxygen atoms in total. The lowest BCUT2D eigenvalue weighted by Gasteiger charge is -2.05. The highest BCUT2D eigenvalue weighted by molar-refractivity contribution is 6.99. The summed E-state index contributed by atoms with van der Waals surface area (Å²) in [6.45, 7) is 2.17. The first-order chi connectivity index (χ1) is 6.77. The van der Waals surface area contributed by atoms with Gasteiger partial charge in [0.1, 0.15) is 0 Å². The first-order valence-electron chi connectivity index (χ1n) is 4.10. The van der Waals surface area contributed by atoms with E-state index in [-0.39, 0.29) is 0 Å². The van der Waals surface area contributed by atoms with Crippen LogP contribution < -0.4 is 0 Å². The Morgan fingerprint density at radius 1 is 1.57 bits per heavy atom. The van der Waals surface area contributed by atoms with Gasteiger partial charge in [-0.25, -0.2) is 4.68 Å². The number of rotatable bonds is 3. The van der Waals surface area contributed by atoms with Crippen molar-refractivity contribution in [1.29, 1.82) is 0 Å². The van der Waals surface area contributed by atoms with Gasteiger partial charge in [-0.2, -0.15) is 8.75 Å². The van der Waals surface area contributed by atoms with Gasteiger partial charge in [0.2, 0.25) is 0 Å². The summed E-state index contributed by atoms with van der Waals surface area (Å²) in [6, 6.07) is 0. The molecular weight excluding hydrogens is 202 g/mol. The summed E-state index contributed by atoms with van der Waals surface area (Å²) in [5, 5.41) is 17.0. The van der Waals surface area contributed by atoms with Crippen LogP contribution in [-0.2, 0) is 6.54 Å². The molecule has 0 saturated heterocycles. The number of aromatic nitrogens is 5. The minimum Gasteiger partial charge on any atom is -0.387 e. The van der Waals surface area contributed by atoms with Crippen LogP contribution in [0.2, 0.25) is 0 Å². The number of aliphatic hydroxyl groups excluding tert-OH is 1. The summed E-state index contributed by atoms with van der Waals surface area (Å²) in [6.07, 6.45) is 2.65. The maximum atomic E-state index is 9.39. The highest BCUT2D eigenvalue weighted by Gasteiger charge is 2.10. The molecule has 14 heavy (non-hydrogen) atoms. The lowest BCUT2D eigenvalue weighted by molar-refractivity contribution is 0.188. The summed E-state index contributed by atoms with van der Waals surface area (Å²) in [5.41, 5.74) is 1.50. The molecule has 0 spiro atoms. The second-order valence-electron chi connectivity index (χ2n) is 2.89. The Morgan fingerprint density at radius 2 is 2.43 bits per heavy atom. The predicted molar refractivity (Wildman–Crippen MR) is 49.7 cm³/mol. The monoisotopic (exact) mass is 211 g/mol. The van der Waals surface area contributed by atoms with Crippen molar-refractivity contribution in [3.05, 3.63) is 23.8 Å². The van der Waals surface area contributed by atoms with Gasteiger partial charge in [-0.15, -0.1) is 5.10 Å². The molecule has 0 aliphatic carbocycles. The van der Waals surface area contributed by atoms with Crippen molar-refractivity contribution in [1.82, 2.24) is 23.7 Å². The second kappa shape index (κ2) is 3.81. The number of aliphatic hydroxyl groups is 1. The topological polar surface area (TPSA) is 76.7 Å². The molecule has 0 amide bonds. The van der Waals surface area contributed by atoms with Crippen molar-refractivity contribution in [2.75, 3.05) is 0 Å². The molecule has 0 unspecified atom stereocenters. The Kier molecular flexibility index (Phi) is 2.51. The fourth-order valence-corrected chi connectivity index (χ4v) is 1.54. The summed E-state index contributed by atoms with van der Waals surface area (Å²) in [7, 11) is 0. The molecule has 1 N–H and O–H groups in total. The first kappa shape index (κ1) is 9.22. The van der Waals surface area contributed by atoms with Crippen molar-refractivity contribution in [3.63, 3.8) is 0 Å². The van der Waals surface area contributed by atoms with Gasteiger partial charge in [-0.1, -0.05) is 5.21 Å². The third kappa shape index (κ3) is 1.78. The molecule has 74 valence electrons. The molecule has 0 radical (unpaired) electrons. The maximum absolute atomic E-state index is 9.39. The minimum absolute atomic E-state index is 0.497. The standard InChI is InChI=1S/C7H9N5OS/c1-5(13)7-3-8-11-12(7)4-6-2-9-14-10-6/h2-3,5,13H,4H2,1H3/t5-/m1/s1. The molecule has 0 aromatic carbocycles. The molecular formula is C7H9N5OS. The average Bonchev–Trinajstić information content (AvgIpc) is 2.75. The van der Waals surface area contributed by atoms with Crippen LogP contribution in [0.25, 0.3) is 0 Å². The predicted octanol–water partition coefficient (Wildman–Crippen LogP) is 0.231. The van der Waals surface area contributed by atoms with Crippen molar-refractivity contribution in [3.8, 4) is 0 Å². The highest BCUT2D eigenvalue weighted by atomic mass is 32.1. The normalized spacial score (nSPS) is 13.0. The zero-order chi connectivity index (χ0) is 9.97. The summed E-state index contributed by atoms with van der Waals surface area (Å²) >= 11 is 1.15. The van der Waals surface area contributed by atoms with Gasteiger partial charge in [-0.3, -0.25) is 0 Å². The SMILES string of the molecule is C[C@@H](O)c1cnnn1Cc1cnsn1. The third-order valence-electron chi connectivity index (χ3n) is 1.79. The summed E-state index contributed by atoms with van der Waals surface area (Å²) < 4.78 is 9.55. The fraction of sp³-hybridized carbons (Fsp3) is 0.429. The molecule has 2 aromatic rings. The molecule has 2 aromatic heterocycles. The van der Waals surface area contributed by atoms with Crippen LogP contribution in [-0.4, -0.2) is 28.8 Å². The zero-order valence-electron chi connectivity index (χ0n) is 7.53. The first-order valence-corrected chi connectivity index (χ1v) is 4.83. The van der Waals surface area contributed by atoms with Crippen molar-refractivity contribution in [2.45, 2.75) is 19.6 Å². The van der Waals surface area contributed by atoms with Crippen LogP contribution in [0.15, 0.2) is 12.4 Å². The van der Waals surface area contributed by atoms with E-state index in [1.807, 2.05) is 0 Å². The van der Waals surface area contributed by atoms with Crippen molar-refractivity contribution >= 4 is 11.7 Å². The van der Waals surface area contributed by atoms with Crippen molar-refractivity contribution < 1.29 is 5.11 Å². The van der Waals surface area contributed by atoms with Gasteiger partial charge in [0.15, 0.2) is 0 Å². The van der Waals surface area contributed by atoms with Gasteiger partial charge >= 0.3 is 0 Å². The van der Waals surface area contributed by atoms with E-state index in [1.165, 1.54) is 0 Å². The Labute approximate surface area is 84.5 Å². The molecule has 2 heterocycles. The van der Waals surface area contributed by atoms with Crippen LogP contribution in [0.1, 0.15) is 24.4 Å². The molecule has 0 fully saturated rings. The minimum atomic E-state index is -0.573. The van der Waals surface area contributed by atoms with E-state index in [4.69, 9.17) is 0 Å². The Hall–Kier alpha value is -1.34. The molecule has 0 aliphatic heterocycles. The molecule has 0 saturated carbocycles. The van der Waals surface area contributed by atoms with E-state index in [0.717, 1.165) is 17.4 Å². The van der Waals surface area contributed by atoms with Gasteiger partial charge < -0.3 is 5.11 Å². The van der Waals surface area contributed by atoms with Crippen LogP contribution >= 0.6 is 11.7 Å². The number of hydrogen-bond acceptors (Lipinski definition) is 6. The van der Waals surface area contributed by atoms with Gasteiger partial charge in [0, 0.05) is 0 Å². The number of hydrogen-bond donors (Lipinski definition) is 1. The quantitative estimate of drug-likeness (QED) is 0.786.